The van der Waals surface area contributed by atoms with E-state index in [9.17, 15) is 5.11 Å². The number of rotatable bonds is 0. The van der Waals surface area contributed by atoms with Crippen LogP contribution in [0.15, 0.2) is 0 Å². The van der Waals surface area contributed by atoms with Crippen molar-refractivity contribution in [2.24, 2.45) is 11.8 Å². The molecular weight excluding hydrogens is 138 g/mol. The summed E-state index contributed by atoms with van der Waals surface area (Å²) in [6.07, 6.45) is 4.62. The Morgan fingerprint density at radius 2 is 2.00 bits per heavy atom. The standard InChI is InChI=1S/C9H17NO/c11-9-2-1-8-6-10-4-3-7(8)5-9/h7-11H,1-6H2/t7-,8?,9?/m0/s1. The number of piperidine rings is 1. The molecule has 2 nitrogen and oxygen atoms in total. The number of aliphatic hydroxyl groups excluding tert-OH is 1. The fourth-order valence-corrected chi connectivity index (χ4v) is 2.50. The minimum Gasteiger partial charge on any atom is -0.393 e. The first-order valence-electron chi connectivity index (χ1n) is 4.75. The third kappa shape index (κ3) is 1.57. The van der Waals surface area contributed by atoms with Gasteiger partial charge in [-0.05, 0) is 50.6 Å². The lowest BCUT2D eigenvalue weighted by atomic mass is 9.74. The molecule has 1 saturated heterocycles. The Morgan fingerprint density at radius 1 is 1.09 bits per heavy atom. The summed E-state index contributed by atoms with van der Waals surface area (Å²) in [5.41, 5.74) is 0. The zero-order chi connectivity index (χ0) is 7.68. The smallest absolute Gasteiger partial charge is 0.0543 e. The van der Waals surface area contributed by atoms with E-state index >= 15 is 0 Å². The normalized spacial score (nSPS) is 45.0. The second kappa shape index (κ2) is 3.11. The van der Waals surface area contributed by atoms with Gasteiger partial charge < -0.3 is 10.4 Å². The Bertz CT molecular complexity index is 138. The molecule has 0 bridgehead atoms. The third-order valence-electron chi connectivity index (χ3n) is 3.21. The Balaban J connectivity index is 1.93. The molecule has 2 rings (SSSR count). The maximum absolute atomic E-state index is 9.43. The highest BCUT2D eigenvalue weighted by Crippen LogP contribution is 2.33. The third-order valence-corrected chi connectivity index (χ3v) is 3.21. The van der Waals surface area contributed by atoms with Crippen molar-refractivity contribution in [3.63, 3.8) is 0 Å². The number of hydrogen-bond acceptors (Lipinski definition) is 2. The Labute approximate surface area is 68.0 Å². The van der Waals surface area contributed by atoms with Gasteiger partial charge in [-0.15, -0.1) is 0 Å². The van der Waals surface area contributed by atoms with Crippen molar-refractivity contribution in [3.05, 3.63) is 0 Å². The summed E-state index contributed by atoms with van der Waals surface area (Å²) in [4.78, 5) is 0. The van der Waals surface area contributed by atoms with Crippen LogP contribution >= 0.6 is 0 Å². The van der Waals surface area contributed by atoms with Gasteiger partial charge >= 0.3 is 0 Å². The molecule has 0 radical (unpaired) electrons. The summed E-state index contributed by atoms with van der Waals surface area (Å²) in [5.74, 6) is 1.69. The Hall–Kier alpha value is -0.0800. The van der Waals surface area contributed by atoms with E-state index < -0.39 is 0 Å². The van der Waals surface area contributed by atoms with Crippen LogP contribution < -0.4 is 5.32 Å². The topological polar surface area (TPSA) is 32.3 Å². The highest BCUT2D eigenvalue weighted by molar-refractivity contribution is 4.84. The molecule has 0 aromatic rings. The zero-order valence-electron chi connectivity index (χ0n) is 6.92. The highest BCUT2D eigenvalue weighted by Gasteiger charge is 2.30. The lowest BCUT2D eigenvalue weighted by Crippen LogP contribution is -2.41. The van der Waals surface area contributed by atoms with E-state index in [1.165, 1.54) is 19.4 Å². The number of nitrogens with one attached hydrogen (secondary N) is 1. The van der Waals surface area contributed by atoms with E-state index in [1.54, 1.807) is 0 Å². The van der Waals surface area contributed by atoms with Gasteiger partial charge in [0.1, 0.15) is 0 Å². The maximum atomic E-state index is 9.43. The minimum absolute atomic E-state index is 0.00866. The molecule has 0 aromatic carbocycles. The summed E-state index contributed by atoms with van der Waals surface area (Å²) in [6, 6.07) is 0. The van der Waals surface area contributed by atoms with E-state index in [0.717, 1.165) is 31.2 Å². The second-order valence-corrected chi connectivity index (χ2v) is 3.98. The predicted octanol–water partition coefficient (Wildman–Crippen LogP) is 0.757. The molecule has 2 N–H and O–H groups in total. The van der Waals surface area contributed by atoms with E-state index in [4.69, 9.17) is 0 Å². The van der Waals surface area contributed by atoms with E-state index in [-0.39, 0.29) is 6.10 Å². The van der Waals surface area contributed by atoms with Crippen LogP contribution in [0.25, 0.3) is 0 Å². The van der Waals surface area contributed by atoms with Crippen LogP contribution in [0.2, 0.25) is 0 Å². The number of aliphatic hydroxyl groups is 1. The van der Waals surface area contributed by atoms with E-state index in [0.29, 0.717) is 0 Å². The van der Waals surface area contributed by atoms with Crippen molar-refractivity contribution >= 4 is 0 Å². The van der Waals surface area contributed by atoms with Gasteiger partial charge in [-0.1, -0.05) is 0 Å². The molecule has 2 unspecified atom stereocenters. The van der Waals surface area contributed by atoms with Crippen molar-refractivity contribution in [3.8, 4) is 0 Å². The molecule has 1 aliphatic heterocycles. The largest absolute Gasteiger partial charge is 0.393 e. The van der Waals surface area contributed by atoms with Gasteiger partial charge in [0.25, 0.3) is 0 Å². The SMILES string of the molecule is OC1CCC2CNCC[C@H]2C1. The minimum atomic E-state index is 0.00866. The van der Waals surface area contributed by atoms with Crippen molar-refractivity contribution in [2.45, 2.75) is 31.8 Å². The van der Waals surface area contributed by atoms with Crippen LogP contribution in [0.4, 0.5) is 0 Å². The van der Waals surface area contributed by atoms with Gasteiger partial charge in [0.15, 0.2) is 0 Å². The lowest BCUT2D eigenvalue weighted by Gasteiger charge is -2.37. The molecule has 2 heteroatoms. The van der Waals surface area contributed by atoms with Crippen molar-refractivity contribution < 1.29 is 5.11 Å². The molecule has 2 aliphatic rings. The van der Waals surface area contributed by atoms with E-state index in [2.05, 4.69) is 5.32 Å². The average molecular weight is 155 g/mol. The monoisotopic (exact) mass is 155 g/mol. The summed E-state index contributed by atoms with van der Waals surface area (Å²) in [5, 5.41) is 12.8. The van der Waals surface area contributed by atoms with Crippen LogP contribution in [0.1, 0.15) is 25.7 Å². The van der Waals surface area contributed by atoms with Gasteiger partial charge in [-0.3, -0.25) is 0 Å². The molecule has 1 saturated carbocycles. The van der Waals surface area contributed by atoms with Crippen LogP contribution in [0.5, 0.6) is 0 Å². The Kier molecular flexibility index (Phi) is 2.14. The average Bonchev–Trinajstić information content (AvgIpc) is 2.04. The first kappa shape index (κ1) is 7.56. The molecule has 1 aliphatic carbocycles. The summed E-state index contributed by atoms with van der Waals surface area (Å²) in [7, 11) is 0. The number of fused-ring (bicyclic) bond motifs is 1. The first-order valence-corrected chi connectivity index (χ1v) is 4.75. The molecule has 11 heavy (non-hydrogen) atoms. The van der Waals surface area contributed by atoms with Crippen LogP contribution in [-0.4, -0.2) is 24.3 Å². The molecule has 3 atom stereocenters. The number of hydrogen-bond donors (Lipinski definition) is 2. The predicted molar refractivity (Wildman–Crippen MR) is 44.3 cm³/mol. The molecule has 0 aromatic heterocycles. The molecule has 2 fully saturated rings. The summed E-state index contributed by atoms with van der Waals surface area (Å²) >= 11 is 0. The Morgan fingerprint density at radius 3 is 2.91 bits per heavy atom. The molecular formula is C9H17NO. The first-order chi connectivity index (χ1) is 5.36. The van der Waals surface area contributed by atoms with Crippen molar-refractivity contribution in [2.75, 3.05) is 13.1 Å². The van der Waals surface area contributed by atoms with Gasteiger partial charge in [-0.25, -0.2) is 0 Å². The highest BCUT2D eigenvalue weighted by atomic mass is 16.3. The van der Waals surface area contributed by atoms with Gasteiger partial charge in [0.2, 0.25) is 0 Å². The molecule has 1 heterocycles. The van der Waals surface area contributed by atoms with Crippen LogP contribution in [0.3, 0.4) is 0 Å². The maximum Gasteiger partial charge on any atom is 0.0543 e. The van der Waals surface area contributed by atoms with Gasteiger partial charge in [0, 0.05) is 0 Å². The van der Waals surface area contributed by atoms with Gasteiger partial charge in [-0.2, -0.15) is 0 Å². The zero-order valence-corrected chi connectivity index (χ0v) is 6.92. The lowest BCUT2D eigenvalue weighted by molar-refractivity contribution is 0.0549. The molecule has 0 amide bonds. The van der Waals surface area contributed by atoms with Crippen molar-refractivity contribution in [1.29, 1.82) is 0 Å². The van der Waals surface area contributed by atoms with Crippen LogP contribution in [-0.2, 0) is 0 Å². The quantitative estimate of drug-likeness (QED) is 0.541. The molecule has 0 spiro atoms. The molecule has 64 valence electrons. The summed E-state index contributed by atoms with van der Waals surface area (Å²) < 4.78 is 0. The van der Waals surface area contributed by atoms with Gasteiger partial charge in [0.05, 0.1) is 6.10 Å². The van der Waals surface area contributed by atoms with Crippen molar-refractivity contribution in [1.82, 2.24) is 5.32 Å². The fourth-order valence-electron chi connectivity index (χ4n) is 2.50. The van der Waals surface area contributed by atoms with E-state index in [1.807, 2.05) is 0 Å². The van der Waals surface area contributed by atoms with Crippen LogP contribution in [0, 0.1) is 11.8 Å². The summed E-state index contributed by atoms with van der Waals surface area (Å²) in [6.45, 7) is 2.35. The fraction of sp³-hybridized carbons (Fsp3) is 1.00. The second-order valence-electron chi connectivity index (χ2n) is 3.98.